The molecule has 0 unspecified atom stereocenters. The molecule has 0 saturated heterocycles. The van der Waals surface area contributed by atoms with E-state index in [1.165, 1.54) is 11.1 Å². The Balaban J connectivity index is 2.14. The number of rotatable bonds is 2. The Kier molecular flexibility index (Phi) is 2.63. The van der Waals surface area contributed by atoms with E-state index in [0.29, 0.717) is 12.2 Å². The van der Waals surface area contributed by atoms with Crippen molar-refractivity contribution in [3.63, 3.8) is 0 Å². The molecule has 0 bridgehead atoms. The average Bonchev–Trinajstić information content (AvgIpc) is 2.93. The molecule has 0 aromatic heterocycles. The zero-order valence-electron chi connectivity index (χ0n) is 10.3. The van der Waals surface area contributed by atoms with Gasteiger partial charge in [0.05, 0.1) is 12.2 Å². The smallest absolute Gasteiger partial charge is 0.338 e. The van der Waals surface area contributed by atoms with E-state index in [4.69, 9.17) is 4.74 Å². The largest absolute Gasteiger partial charge is 0.462 e. The number of ether oxygens (including phenoxy) is 1. The molecule has 0 aliphatic heterocycles. The fourth-order valence-corrected chi connectivity index (χ4v) is 2.49. The molecule has 90 valence electrons. The van der Waals surface area contributed by atoms with Crippen molar-refractivity contribution in [1.29, 1.82) is 0 Å². The molecule has 18 heavy (non-hydrogen) atoms. The van der Waals surface area contributed by atoms with Gasteiger partial charge in [-0.15, -0.1) is 0 Å². The lowest BCUT2D eigenvalue weighted by Gasteiger charge is -2.03. The Morgan fingerprint density at radius 1 is 1.22 bits per heavy atom. The van der Waals surface area contributed by atoms with Gasteiger partial charge in [0.2, 0.25) is 0 Å². The lowest BCUT2D eigenvalue weighted by atomic mass is 10.0. The molecule has 0 aromatic carbocycles. The summed E-state index contributed by atoms with van der Waals surface area (Å²) in [6, 6.07) is 9.99. The molecule has 2 nitrogen and oxygen atoms in total. The molecular formula is C16H14O2. The number of carbonyl (C=O) groups is 1. The van der Waals surface area contributed by atoms with Crippen molar-refractivity contribution in [2.24, 2.45) is 0 Å². The standard InChI is InChI=1S/C16H14O2/c1-2-18-16(17)15-10-9-14-12-7-3-5-11(12)6-4-8-13(14)15/h3-4,6-10H,2,5H2,1H3. The normalized spacial score (nSPS) is 12.7. The SMILES string of the molecule is CCOC(=O)c1ccc2c3c(cccc1-2)CC=C3. The molecule has 0 radical (unpaired) electrons. The highest BCUT2D eigenvalue weighted by Gasteiger charge is 2.20. The third-order valence-electron chi connectivity index (χ3n) is 3.31. The number of carbonyl (C=O) groups excluding carboxylic acids is 1. The summed E-state index contributed by atoms with van der Waals surface area (Å²) in [6.45, 7) is 2.23. The summed E-state index contributed by atoms with van der Waals surface area (Å²) in [6.07, 6.45) is 5.26. The number of fused-ring (bicyclic) bond motifs is 3. The van der Waals surface area contributed by atoms with Crippen molar-refractivity contribution in [1.82, 2.24) is 0 Å². The minimum atomic E-state index is -0.241. The Hall–Kier alpha value is -2.09. The predicted octanol–water partition coefficient (Wildman–Crippen LogP) is 3.54. The summed E-state index contributed by atoms with van der Waals surface area (Å²) in [7, 11) is 0. The first kappa shape index (κ1) is 11.0. The lowest BCUT2D eigenvalue weighted by Crippen LogP contribution is -2.04. The van der Waals surface area contributed by atoms with Crippen molar-refractivity contribution < 1.29 is 9.53 Å². The maximum atomic E-state index is 11.9. The van der Waals surface area contributed by atoms with Crippen LogP contribution in [0.25, 0.3) is 17.2 Å². The first-order valence-electron chi connectivity index (χ1n) is 6.19. The van der Waals surface area contributed by atoms with Crippen LogP contribution in [0.15, 0.2) is 36.4 Å². The molecule has 0 fully saturated rings. The fourth-order valence-electron chi connectivity index (χ4n) is 2.49. The molecule has 0 saturated carbocycles. The van der Waals surface area contributed by atoms with Crippen LogP contribution in [0.1, 0.15) is 28.4 Å². The molecule has 0 spiro atoms. The van der Waals surface area contributed by atoms with Crippen molar-refractivity contribution in [2.45, 2.75) is 13.3 Å². The number of allylic oxidation sites excluding steroid dienone is 1. The van der Waals surface area contributed by atoms with Crippen molar-refractivity contribution in [3.8, 4) is 11.1 Å². The van der Waals surface area contributed by atoms with Crippen LogP contribution >= 0.6 is 0 Å². The summed E-state index contributed by atoms with van der Waals surface area (Å²) < 4.78 is 5.09. The quantitative estimate of drug-likeness (QED) is 0.748. The van der Waals surface area contributed by atoms with E-state index in [1.807, 2.05) is 31.2 Å². The molecular weight excluding hydrogens is 224 g/mol. The maximum Gasteiger partial charge on any atom is 0.338 e. The van der Waals surface area contributed by atoms with Crippen LogP contribution in [0.2, 0.25) is 0 Å². The van der Waals surface area contributed by atoms with E-state index in [-0.39, 0.29) is 5.97 Å². The minimum Gasteiger partial charge on any atom is -0.462 e. The Bertz CT molecular complexity index is 611. The average molecular weight is 238 g/mol. The number of esters is 1. The topological polar surface area (TPSA) is 26.3 Å². The Morgan fingerprint density at radius 3 is 2.94 bits per heavy atom. The van der Waals surface area contributed by atoms with Crippen LogP contribution in [0.3, 0.4) is 0 Å². The predicted molar refractivity (Wildman–Crippen MR) is 71.8 cm³/mol. The van der Waals surface area contributed by atoms with Gasteiger partial charge in [-0.2, -0.15) is 0 Å². The van der Waals surface area contributed by atoms with Gasteiger partial charge in [-0.1, -0.05) is 36.4 Å². The van der Waals surface area contributed by atoms with E-state index >= 15 is 0 Å². The van der Waals surface area contributed by atoms with Gasteiger partial charge >= 0.3 is 5.97 Å². The van der Waals surface area contributed by atoms with Gasteiger partial charge in [0.25, 0.3) is 0 Å². The minimum absolute atomic E-state index is 0.241. The van der Waals surface area contributed by atoms with E-state index in [9.17, 15) is 4.79 Å². The van der Waals surface area contributed by atoms with Crippen LogP contribution in [0, 0.1) is 0 Å². The first-order valence-corrected chi connectivity index (χ1v) is 6.19. The van der Waals surface area contributed by atoms with Gasteiger partial charge in [0, 0.05) is 0 Å². The first-order chi connectivity index (χ1) is 8.81. The van der Waals surface area contributed by atoms with E-state index < -0.39 is 0 Å². The lowest BCUT2D eigenvalue weighted by molar-refractivity contribution is 0.0528. The van der Waals surface area contributed by atoms with Gasteiger partial charge in [0.15, 0.2) is 0 Å². The summed E-state index contributed by atoms with van der Waals surface area (Å²) in [5.74, 6) is -0.241. The second kappa shape index (κ2) is 4.30. The van der Waals surface area contributed by atoms with Gasteiger partial charge in [-0.05, 0) is 41.7 Å². The highest BCUT2D eigenvalue weighted by atomic mass is 16.5. The third kappa shape index (κ3) is 1.61. The van der Waals surface area contributed by atoms with E-state index in [1.54, 1.807) is 0 Å². The summed E-state index contributed by atoms with van der Waals surface area (Å²) in [5, 5.41) is 0. The zero-order chi connectivity index (χ0) is 12.5. The van der Waals surface area contributed by atoms with Crippen molar-refractivity contribution in [3.05, 3.63) is 53.1 Å². The zero-order valence-corrected chi connectivity index (χ0v) is 10.3. The highest BCUT2D eigenvalue weighted by Crippen LogP contribution is 2.35. The molecule has 0 amide bonds. The van der Waals surface area contributed by atoms with Crippen LogP contribution < -0.4 is 0 Å². The molecule has 3 aliphatic rings. The summed E-state index contributed by atoms with van der Waals surface area (Å²) in [4.78, 5) is 11.9. The van der Waals surface area contributed by atoms with Gasteiger partial charge in [0.1, 0.15) is 0 Å². The monoisotopic (exact) mass is 238 g/mol. The number of hydrogen-bond acceptors (Lipinski definition) is 2. The van der Waals surface area contributed by atoms with Crippen LogP contribution in [0.4, 0.5) is 0 Å². The second-order valence-electron chi connectivity index (χ2n) is 4.37. The Morgan fingerprint density at radius 2 is 2.11 bits per heavy atom. The Labute approximate surface area is 106 Å². The summed E-state index contributed by atoms with van der Waals surface area (Å²) >= 11 is 0. The molecule has 0 atom stereocenters. The summed E-state index contributed by atoms with van der Waals surface area (Å²) in [5.41, 5.74) is 5.30. The molecule has 2 heteroatoms. The highest BCUT2D eigenvalue weighted by molar-refractivity contribution is 6.00. The number of hydrogen-bond donors (Lipinski definition) is 0. The molecule has 3 aliphatic carbocycles. The van der Waals surface area contributed by atoms with Gasteiger partial charge in [-0.25, -0.2) is 4.79 Å². The van der Waals surface area contributed by atoms with Crippen molar-refractivity contribution >= 4 is 12.0 Å². The maximum absolute atomic E-state index is 11.9. The molecule has 3 rings (SSSR count). The third-order valence-corrected chi connectivity index (χ3v) is 3.31. The fraction of sp³-hybridized carbons (Fsp3) is 0.188. The van der Waals surface area contributed by atoms with Crippen LogP contribution in [-0.4, -0.2) is 12.6 Å². The molecule has 0 heterocycles. The van der Waals surface area contributed by atoms with Crippen LogP contribution in [0.5, 0.6) is 0 Å². The van der Waals surface area contributed by atoms with Gasteiger partial charge < -0.3 is 4.74 Å². The van der Waals surface area contributed by atoms with E-state index in [0.717, 1.165) is 17.5 Å². The van der Waals surface area contributed by atoms with Crippen molar-refractivity contribution in [2.75, 3.05) is 6.61 Å². The molecule has 0 N–H and O–H groups in total. The second-order valence-corrected chi connectivity index (χ2v) is 4.37. The van der Waals surface area contributed by atoms with Crippen LogP contribution in [-0.2, 0) is 11.2 Å². The molecule has 0 aromatic rings. The van der Waals surface area contributed by atoms with E-state index in [2.05, 4.69) is 18.2 Å². The van der Waals surface area contributed by atoms with Gasteiger partial charge in [-0.3, -0.25) is 0 Å².